The second-order valence-electron chi connectivity index (χ2n) is 5.98. The number of nitrogens with one attached hydrogen (secondary N) is 1. The van der Waals surface area contributed by atoms with Gasteiger partial charge in [-0.25, -0.2) is 14.5 Å². The number of aromatic nitrogens is 6. The van der Waals surface area contributed by atoms with Gasteiger partial charge in [-0.15, -0.1) is 5.10 Å². The third-order valence-electron chi connectivity index (χ3n) is 4.30. The van der Waals surface area contributed by atoms with E-state index in [2.05, 4.69) is 25.0 Å². The fourth-order valence-electron chi connectivity index (χ4n) is 2.66. The first-order chi connectivity index (χ1) is 12.4. The van der Waals surface area contributed by atoms with Gasteiger partial charge in [0, 0.05) is 16.4 Å². The van der Waals surface area contributed by atoms with Crippen molar-refractivity contribution in [2.75, 3.05) is 0 Å². The van der Waals surface area contributed by atoms with Crippen molar-refractivity contribution in [2.24, 2.45) is 0 Å². The molecule has 1 N–H and O–H groups in total. The third kappa shape index (κ3) is 2.95. The van der Waals surface area contributed by atoms with Crippen LogP contribution in [-0.4, -0.2) is 29.5 Å². The molecule has 3 heterocycles. The van der Waals surface area contributed by atoms with Gasteiger partial charge in [-0.3, -0.25) is 4.79 Å². The molecular weight excluding hydrogens is 372 g/mol. The highest BCUT2D eigenvalue weighted by Gasteiger charge is 2.12. The number of rotatable bonds is 3. The maximum atomic E-state index is 12.2. The normalized spacial score (nSPS) is 11.5. The first kappa shape index (κ1) is 17.0. The molecular formula is C17H15ClN6OS. The summed E-state index contributed by atoms with van der Waals surface area (Å²) < 4.78 is 1.74. The van der Waals surface area contributed by atoms with Crippen LogP contribution in [0.4, 0.5) is 0 Å². The molecule has 26 heavy (non-hydrogen) atoms. The zero-order valence-corrected chi connectivity index (χ0v) is 15.9. The summed E-state index contributed by atoms with van der Waals surface area (Å²) >= 11 is 7.33. The second-order valence-corrected chi connectivity index (χ2v) is 7.36. The summed E-state index contributed by atoms with van der Waals surface area (Å²) in [6, 6.07) is 5.07. The minimum Gasteiger partial charge on any atom is -0.309 e. The molecule has 0 unspecified atom stereocenters. The Kier molecular flexibility index (Phi) is 4.16. The van der Waals surface area contributed by atoms with Crippen LogP contribution in [0.15, 0.2) is 28.2 Å². The predicted molar refractivity (Wildman–Crippen MR) is 102 cm³/mol. The van der Waals surface area contributed by atoms with Crippen LogP contribution >= 0.6 is 23.4 Å². The topological polar surface area (TPSA) is 88.8 Å². The Morgan fingerprint density at radius 1 is 1.19 bits per heavy atom. The molecule has 0 saturated carbocycles. The average molecular weight is 387 g/mol. The summed E-state index contributed by atoms with van der Waals surface area (Å²) in [5.74, 6) is 1.58. The van der Waals surface area contributed by atoms with Crippen LogP contribution in [0.1, 0.15) is 22.8 Å². The molecule has 132 valence electrons. The molecule has 0 fully saturated rings. The minimum absolute atomic E-state index is 0.208. The third-order valence-corrected chi connectivity index (χ3v) is 5.38. The fraction of sp³-hybridized carbons (Fsp3) is 0.235. The highest BCUT2D eigenvalue weighted by molar-refractivity contribution is 7.98. The zero-order chi connectivity index (χ0) is 18.4. The fourth-order valence-corrected chi connectivity index (χ4v) is 3.52. The Hall–Kier alpha value is -2.45. The van der Waals surface area contributed by atoms with E-state index < -0.39 is 0 Å². The lowest BCUT2D eigenvalue weighted by atomic mass is 10.2. The molecule has 0 atom stereocenters. The van der Waals surface area contributed by atoms with Crippen LogP contribution in [0, 0.1) is 20.8 Å². The summed E-state index contributed by atoms with van der Waals surface area (Å²) in [4.78, 5) is 28.4. The van der Waals surface area contributed by atoms with Crippen molar-refractivity contribution in [2.45, 2.75) is 31.7 Å². The average Bonchev–Trinajstić information content (AvgIpc) is 3.02. The number of H-pyrrole nitrogens is 1. The maximum absolute atomic E-state index is 12.2. The molecule has 0 aliphatic heterocycles. The van der Waals surface area contributed by atoms with Crippen LogP contribution in [0.2, 0.25) is 5.02 Å². The number of nitrogens with zero attached hydrogens (tertiary/aromatic N) is 5. The first-order valence-corrected chi connectivity index (χ1v) is 9.30. The number of aryl methyl sites for hydroxylation is 2. The predicted octanol–water partition coefficient (Wildman–Crippen LogP) is 3.23. The zero-order valence-electron chi connectivity index (χ0n) is 14.4. The molecule has 0 saturated heterocycles. The molecule has 0 spiro atoms. The molecule has 0 aliphatic carbocycles. The lowest BCUT2D eigenvalue weighted by molar-refractivity contribution is 0.832. The van der Waals surface area contributed by atoms with Gasteiger partial charge in [0.2, 0.25) is 5.16 Å². The van der Waals surface area contributed by atoms with Crippen molar-refractivity contribution in [3.63, 3.8) is 0 Å². The van der Waals surface area contributed by atoms with Gasteiger partial charge in [0.15, 0.2) is 0 Å². The van der Waals surface area contributed by atoms with E-state index in [0.717, 1.165) is 17.0 Å². The van der Waals surface area contributed by atoms with Gasteiger partial charge < -0.3 is 4.98 Å². The molecule has 4 rings (SSSR count). The quantitative estimate of drug-likeness (QED) is 0.544. The van der Waals surface area contributed by atoms with Gasteiger partial charge in [0.25, 0.3) is 11.3 Å². The van der Waals surface area contributed by atoms with Crippen molar-refractivity contribution >= 4 is 40.0 Å². The van der Waals surface area contributed by atoms with E-state index in [1.54, 1.807) is 22.7 Å². The number of hydrogen-bond donors (Lipinski definition) is 1. The second kappa shape index (κ2) is 6.37. The highest BCUT2D eigenvalue weighted by Crippen LogP contribution is 2.21. The monoisotopic (exact) mass is 386 g/mol. The number of thioether (sulfide) groups is 1. The van der Waals surface area contributed by atoms with E-state index >= 15 is 0 Å². The van der Waals surface area contributed by atoms with E-state index in [4.69, 9.17) is 11.6 Å². The molecule has 4 aromatic rings. The van der Waals surface area contributed by atoms with Crippen LogP contribution in [-0.2, 0) is 5.75 Å². The Bertz CT molecular complexity index is 1220. The molecule has 0 bridgehead atoms. The Labute approximate surface area is 157 Å². The highest BCUT2D eigenvalue weighted by atomic mass is 35.5. The number of fused-ring (bicyclic) bond motifs is 2. The van der Waals surface area contributed by atoms with E-state index in [-0.39, 0.29) is 5.56 Å². The van der Waals surface area contributed by atoms with Crippen LogP contribution < -0.4 is 5.56 Å². The van der Waals surface area contributed by atoms with Gasteiger partial charge in [-0.2, -0.15) is 4.98 Å². The van der Waals surface area contributed by atoms with Gasteiger partial charge in [0.05, 0.1) is 16.7 Å². The molecule has 0 radical (unpaired) electrons. The van der Waals surface area contributed by atoms with E-state index in [1.165, 1.54) is 11.8 Å². The smallest absolute Gasteiger partial charge is 0.258 e. The Balaban J connectivity index is 1.64. The van der Waals surface area contributed by atoms with Gasteiger partial charge in [-0.05, 0) is 44.5 Å². The van der Waals surface area contributed by atoms with Gasteiger partial charge in [-0.1, -0.05) is 23.4 Å². The summed E-state index contributed by atoms with van der Waals surface area (Å²) in [6.45, 7) is 5.97. The molecule has 3 aromatic heterocycles. The van der Waals surface area contributed by atoms with Crippen LogP contribution in [0.5, 0.6) is 0 Å². The molecule has 1 aromatic carbocycles. The van der Waals surface area contributed by atoms with E-state index in [9.17, 15) is 4.79 Å². The largest absolute Gasteiger partial charge is 0.309 e. The maximum Gasteiger partial charge on any atom is 0.258 e. The van der Waals surface area contributed by atoms with E-state index in [0.29, 0.717) is 38.4 Å². The summed E-state index contributed by atoms with van der Waals surface area (Å²) in [5.41, 5.74) is 3.46. The number of hydrogen-bond acceptors (Lipinski definition) is 6. The Morgan fingerprint density at radius 3 is 2.81 bits per heavy atom. The van der Waals surface area contributed by atoms with Gasteiger partial charge in [0.1, 0.15) is 5.82 Å². The van der Waals surface area contributed by atoms with Crippen molar-refractivity contribution in [3.8, 4) is 0 Å². The number of halogens is 1. The molecule has 7 nitrogen and oxygen atoms in total. The molecule has 0 aliphatic rings. The van der Waals surface area contributed by atoms with Crippen molar-refractivity contribution < 1.29 is 0 Å². The molecule has 0 amide bonds. The van der Waals surface area contributed by atoms with Crippen molar-refractivity contribution in [3.05, 3.63) is 56.4 Å². The lowest BCUT2D eigenvalue weighted by Gasteiger charge is -2.04. The Morgan fingerprint density at radius 2 is 2.00 bits per heavy atom. The SMILES string of the molecule is Cc1nc2nc(SCc3nc4ccc(Cl)cc4c(=O)[nH]3)nn2c(C)c1C. The minimum atomic E-state index is -0.208. The first-order valence-electron chi connectivity index (χ1n) is 7.94. The van der Waals surface area contributed by atoms with Crippen molar-refractivity contribution in [1.82, 2.24) is 29.5 Å². The summed E-state index contributed by atoms with van der Waals surface area (Å²) in [5, 5.41) is 6.07. The van der Waals surface area contributed by atoms with E-state index in [1.807, 2.05) is 20.8 Å². The van der Waals surface area contributed by atoms with Gasteiger partial charge >= 0.3 is 0 Å². The lowest BCUT2D eigenvalue weighted by Crippen LogP contribution is -2.11. The number of benzene rings is 1. The van der Waals surface area contributed by atoms with Crippen LogP contribution in [0.25, 0.3) is 16.7 Å². The van der Waals surface area contributed by atoms with Crippen LogP contribution in [0.3, 0.4) is 0 Å². The van der Waals surface area contributed by atoms with Crippen molar-refractivity contribution in [1.29, 1.82) is 0 Å². The molecule has 9 heteroatoms. The summed E-state index contributed by atoms with van der Waals surface area (Å²) in [6.07, 6.45) is 0. The standard InChI is InChI=1S/C17H15ClN6OS/c1-8-9(2)19-16-22-17(23-24(16)10(8)3)26-7-14-20-13-5-4-11(18)6-12(13)15(25)21-14/h4-6H,7H2,1-3H3,(H,20,21,25). The number of aromatic amines is 1. The summed E-state index contributed by atoms with van der Waals surface area (Å²) in [7, 11) is 0.